The lowest BCUT2D eigenvalue weighted by atomic mass is 9.75. The number of imidazole rings is 1. The molecule has 2 aliphatic heterocycles. The van der Waals surface area contributed by atoms with Crippen molar-refractivity contribution >= 4 is 16.9 Å². The summed E-state index contributed by atoms with van der Waals surface area (Å²) < 4.78 is 7.61. The zero-order valence-corrected chi connectivity index (χ0v) is 13.1. The van der Waals surface area contributed by atoms with Crippen molar-refractivity contribution in [1.82, 2.24) is 14.5 Å². The fraction of sp³-hybridized carbons (Fsp3) is 0.529. The predicted molar refractivity (Wildman–Crippen MR) is 83.8 cm³/mol. The van der Waals surface area contributed by atoms with Crippen molar-refractivity contribution in [3.63, 3.8) is 0 Å². The first-order chi connectivity index (χ1) is 10.6. The van der Waals surface area contributed by atoms with Crippen molar-refractivity contribution in [1.29, 1.82) is 0 Å². The third-order valence-corrected chi connectivity index (χ3v) is 5.10. The number of nitrogens with zero attached hydrogens (tertiary/aromatic N) is 3. The van der Waals surface area contributed by atoms with E-state index in [1.54, 1.807) is 0 Å². The lowest BCUT2D eigenvalue weighted by molar-refractivity contribution is -0.0863. The lowest BCUT2D eigenvalue weighted by Crippen LogP contribution is -2.61. The van der Waals surface area contributed by atoms with Crippen LogP contribution in [0.3, 0.4) is 0 Å². The van der Waals surface area contributed by atoms with E-state index in [1.165, 1.54) is 6.42 Å². The molecule has 0 aliphatic carbocycles. The van der Waals surface area contributed by atoms with Crippen LogP contribution in [0.2, 0.25) is 0 Å². The first kappa shape index (κ1) is 13.8. The van der Waals surface area contributed by atoms with E-state index in [4.69, 9.17) is 4.74 Å². The van der Waals surface area contributed by atoms with Crippen LogP contribution in [0.1, 0.15) is 29.0 Å². The van der Waals surface area contributed by atoms with E-state index in [1.807, 2.05) is 41.6 Å². The number of benzene rings is 1. The van der Waals surface area contributed by atoms with Gasteiger partial charge in [0.1, 0.15) is 5.82 Å². The highest BCUT2D eigenvalue weighted by molar-refractivity contribution is 5.98. The highest BCUT2D eigenvalue weighted by Gasteiger charge is 2.46. The molecule has 4 rings (SSSR count). The van der Waals surface area contributed by atoms with Gasteiger partial charge in [-0.25, -0.2) is 4.98 Å². The summed E-state index contributed by atoms with van der Waals surface area (Å²) in [6.07, 6.45) is 2.29. The van der Waals surface area contributed by atoms with Crippen molar-refractivity contribution in [2.24, 2.45) is 12.5 Å². The topological polar surface area (TPSA) is 47.4 Å². The van der Waals surface area contributed by atoms with Crippen LogP contribution in [0.25, 0.3) is 11.0 Å². The Hall–Kier alpha value is -1.88. The van der Waals surface area contributed by atoms with E-state index in [0.717, 1.165) is 55.1 Å². The standard InChI is InChI=1S/C17H21N3O2/c1-12-18-14-5-4-13(8-15(14)19(12)2)16(21)20-9-17(10-20)6-3-7-22-11-17/h4-5,8H,3,6-7,9-11H2,1-2H3. The number of fused-ring (bicyclic) bond motifs is 1. The Morgan fingerprint density at radius 3 is 2.91 bits per heavy atom. The maximum Gasteiger partial charge on any atom is 0.253 e. The molecule has 1 amide bonds. The monoisotopic (exact) mass is 299 g/mol. The second-order valence-electron chi connectivity index (χ2n) is 6.74. The Morgan fingerprint density at radius 2 is 2.18 bits per heavy atom. The number of likely N-dealkylation sites (tertiary alicyclic amines) is 1. The first-order valence-electron chi connectivity index (χ1n) is 7.88. The van der Waals surface area contributed by atoms with Crippen LogP contribution in [0, 0.1) is 12.3 Å². The molecule has 0 atom stereocenters. The molecule has 116 valence electrons. The van der Waals surface area contributed by atoms with Gasteiger partial charge in [0.15, 0.2) is 0 Å². The van der Waals surface area contributed by atoms with Crippen molar-refractivity contribution in [3.05, 3.63) is 29.6 Å². The van der Waals surface area contributed by atoms with Crippen LogP contribution in [-0.4, -0.2) is 46.7 Å². The third kappa shape index (κ3) is 2.03. The van der Waals surface area contributed by atoms with Crippen molar-refractivity contribution in [2.45, 2.75) is 19.8 Å². The molecule has 0 radical (unpaired) electrons. The Kier molecular flexibility index (Phi) is 3.01. The van der Waals surface area contributed by atoms with Crippen molar-refractivity contribution < 1.29 is 9.53 Å². The van der Waals surface area contributed by atoms with E-state index in [0.29, 0.717) is 0 Å². The van der Waals surface area contributed by atoms with E-state index >= 15 is 0 Å². The molecule has 2 saturated heterocycles. The van der Waals surface area contributed by atoms with Gasteiger partial charge in [-0.1, -0.05) is 0 Å². The molecule has 3 heterocycles. The average Bonchev–Trinajstić information content (AvgIpc) is 2.79. The third-order valence-electron chi connectivity index (χ3n) is 5.10. The Labute approximate surface area is 129 Å². The molecule has 22 heavy (non-hydrogen) atoms. The van der Waals surface area contributed by atoms with Gasteiger partial charge in [-0.2, -0.15) is 0 Å². The number of rotatable bonds is 1. The normalized spacial score (nSPS) is 20.4. The molecule has 0 N–H and O–H groups in total. The fourth-order valence-corrected chi connectivity index (χ4v) is 3.69. The van der Waals surface area contributed by atoms with Gasteiger partial charge < -0.3 is 14.2 Å². The minimum atomic E-state index is 0.122. The lowest BCUT2D eigenvalue weighted by Gasteiger charge is -2.51. The molecule has 0 unspecified atom stereocenters. The van der Waals surface area contributed by atoms with Gasteiger partial charge in [-0.15, -0.1) is 0 Å². The zero-order chi connectivity index (χ0) is 15.3. The summed E-state index contributed by atoms with van der Waals surface area (Å²) in [6.45, 7) is 5.30. The van der Waals surface area contributed by atoms with Crippen LogP contribution in [0.4, 0.5) is 0 Å². The number of amides is 1. The van der Waals surface area contributed by atoms with Crippen LogP contribution in [0.15, 0.2) is 18.2 Å². The number of aryl methyl sites for hydroxylation is 2. The number of carbonyl (C=O) groups excluding carboxylic acids is 1. The van der Waals surface area contributed by atoms with Crippen LogP contribution >= 0.6 is 0 Å². The SMILES string of the molecule is Cc1nc2ccc(C(=O)N3CC4(CCCOC4)C3)cc2n1C. The van der Waals surface area contributed by atoms with Crippen molar-refractivity contribution in [3.8, 4) is 0 Å². The van der Waals surface area contributed by atoms with Crippen LogP contribution in [0.5, 0.6) is 0 Å². The van der Waals surface area contributed by atoms with E-state index in [2.05, 4.69) is 4.98 Å². The van der Waals surface area contributed by atoms with Gasteiger partial charge in [0.2, 0.25) is 0 Å². The van der Waals surface area contributed by atoms with Gasteiger partial charge >= 0.3 is 0 Å². The highest BCUT2D eigenvalue weighted by atomic mass is 16.5. The summed E-state index contributed by atoms with van der Waals surface area (Å²) in [6, 6.07) is 5.79. The molecule has 0 saturated carbocycles. The van der Waals surface area contributed by atoms with Crippen molar-refractivity contribution in [2.75, 3.05) is 26.3 Å². The molecular formula is C17H21N3O2. The van der Waals surface area contributed by atoms with Crippen LogP contribution in [-0.2, 0) is 11.8 Å². The number of hydrogen-bond acceptors (Lipinski definition) is 3. The summed E-state index contributed by atoms with van der Waals surface area (Å²) in [5.41, 5.74) is 2.93. The van der Waals surface area contributed by atoms with E-state index < -0.39 is 0 Å². The number of ether oxygens (including phenoxy) is 1. The predicted octanol–water partition coefficient (Wildman–Crippen LogP) is 2.13. The Balaban J connectivity index is 1.55. The minimum absolute atomic E-state index is 0.122. The largest absolute Gasteiger partial charge is 0.381 e. The number of carbonyl (C=O) groups is 1. The first-order valence-corrected chi connectivity index (χ1v) is 7.88. The maximum absolute atomic E-state index is 12.7. The summed E-state index contributed by atoms with van der Waals surface area (Å²) in [5, 5.41) is 0. The summed E-state index contributed by atoms with van der Waals surface area (Å²) in [5.74, 6) is 1.08. The highest BCUT2D eigenvalue weighted by Crippen LogP contribution is 2.38. The quantitative estimate of drug-likeness (QED) is 0.810. The number of aromatic nitrogens is 2. The number of hydrogen-bond donors (Lipinski definition) is 0. The molecule has 2 aliphatic rings. The molecule has 1 aromatic heterocycles. The summed E-state index contributed by atoms with van der Waals surface area (Å²) in [7, 11) is 1.98. The summed E-state index contributed by atoms with van der Waals surface area (Å²) >= 11 is 0. The second-order valence-corrected chi connectivity index (χ2v) is 6.74. The maximum atomic E-state index is 12.7. The Morgan fingerprint density at radius 1 is 1.36 bits per heavy atom. The molecular weight excluding hydrogens is 278 g/mol. The molecule has 1 spiro atoms. The second kappa shape index (κ2) is 4.81. The van der Waals surface area contributed by atoms with E-state index in [-0.39, 0.29) is 11.3 Å². The van der Waals surface area contributed by atoms with Gasteiger partial charge in [0.05, 0.1) is 17.6 Å². The summed E-state index contributed by atoms with van der Waals surface area (Å²) in [4.78, 5) is 19.1. The molecule has 2 aromatic rings. The van der Waals surface area contributed by atoms with Gasteiger partial charge in [0, 0.05) is 37.7 Å². The Bertz CT molecular complexity index is 736. The molecule has 0 bridgehead atoms. The molecule has 2 fully saturated rings. The fourth-order valence-electron chi connectivity index (χ4n) is 3.69. The van der Waals surface area contributed by atoms with Gasteiger partial charge in [0.25, 0.3) is 5.91 Å². The average molecular weight is 299 g/mol. The van der Waals surface area contributed by atoms with E-state index in [9.17, 15) is 4.79 Å². The smallest absolute Gasteiger partial charge is 0.253 e. The van der Waals surface area contributed by atoms with Gasteiger partial charge in [-0.05, 0) is 38.0 Å². The molecule has 1 aromatic carbocycles. The van der Waals surface area contributed by atoms with Crippen LogP contribution < -0.4 is 0 Å². The zero-order valence-electron chi connectivity index (χ0n) is 13.1. The molecule has 5 heteroatoms. The molecule has 5 nitrogen and oxygen atoms in total. The van der Waals surface area contributed by atoms with Gasteiger partial charge in [-0.3, -0.25) is 4.79 Å². The minimum Gasteiger partial charge on any atom is -0.381 e.